The summed E-state index contributed by atoms with van der Waals surface area (Å²) in [6.07, 6.45) is -4.52. The Morgan fingerprint density at radius 1 is 1.07 bits per heavy atom. The molecule has 1 aliphatic rings. The molecule has 0 spiro atoms. The first-order valence-electron chi connectivity index (χ1n) is 9.33. The lowest BCUT2D eigenvalue weighted by Crippen LogP contribution is -2.43. The maximum absolute atomic E-state index is 12.7. The Bertz CT molecular complexity index is 926. The van der Waals surface area contributed by atoms with Crippen molar-refractivity contribution in [3.05, 3.63) is 59.7 Å². The van der Waals surface area contributed by atoms with Crippen LogP contribution in [0.5, 0.6) is 5.75 Å². The number of sulfonamides is 1. The first-order chi connectivity index (χ1) is 14.2. The van der Waals surface area contributed by atoms with Crippen molar-refractivity contribution in [2.24, 2.45) is 0 Å². The van der Waals surface area contributed by atoms with E-state index in [0.29, 0.717) is 32.1 Å². The van der Waals surface area contributed by atoms with Gasteiger partial charge in [-0.2, -0.15) is 13.2 Å². The molecular formula is C20H23F3N2O4S. The normalized spacial score (nSPS) is 16.9. The van der Waals surface area contributed by atoms with Gasteiger partial charge in [0.2, 0.25) is 10.0 Å². The van der Waals surface area contributed by atoms with Crippen molar-refractivity contribution >= 4 is 10.0 Å². The number of nitrogens with one attached hydrogen (secondary N) is 1. The second-order valence-electron chi connectivity index (χ2n) is 6.81. The number of morpholine rings is 1. The number of benzene rings is 2. The number of ether oxygens (including phenoxy) is 2. The van der Waals surface area contributed by atoms with E-state index in [1.165, 1.54) is 0 Å². The van der Waals surface area contributed by atoms with E-state index in [1.54, 1.807) is 19.2 Å². The molecule has 2 aromatic rings. The molecule has 3 rings (SSSR count). The molecule has 0 bridgehead atoms. The molecule has 30 heavy (non-hydrogen) atoms. The van der Waals surface area contributed by atoms with Crippen molar-refractivity contribution in [2.45, 2.75) is 17.1 Å². The Balaban J connectivity index is 1.78. The number of halogens is 3. The lowest BCUT2D eigenvalue weighted by molar-refractivity contribution is -0.137. The van der Waals surface area contributed by atoms with Crippen molar-refractivity contribution < 1.29 is 31.1 Å². The monoisotopic (exact) mass is 444 g/mol. The molecule has 164 valence electrons. The zero-order chi connectivity index (χ0) is 21.8. The molecule has 1 atom stereocenters. The van der Waals surface area contributed by atoms with Crippen LogP contribution in [0.15, 0.2) is 53.4 Å². The standard InChI is InChI=1S/C20H23F3N2O4S/c1-28-17-6-2-15(3-7-17)19(25-10-12-29-13-11-25)14-24-30(26,27)18-8-4-16(5-9-18)20(21,22)23/h2-9,19,24H,10-14H2,1H3. The molecule has 1 saturated heterocycles. The predicted molar refractivity (Wildman–Crippen MR) is 105 cm³/mol. The summed E-state index contributed by atoms with van der Waals surface area (Å²) in [5, 5.41) is 0. The maximum atomic E-state index is 12.7. The summed E-state index contributed by atoms with van der Waals surface area (Å²) in [5.41, 5.74) is -0.00121. The van der Waals surface area contributed by atoms with Gasteiger partial charge < -0.3 is 9.47 Å². The fourth-order valence-corrected chi connectivity index (χ4v) is 4.31. The minimum Gasteiger partial charge on any atom is -0.497 e. The van der Waals surface area contributed by atoms with Gasteiger partial charge in [-0.15, -0.1) is 0 Å². The van der Waals surface area contributed by atoms with Gasteiger partial charge >= 0.3 is 6.18 Å². The smallest absolute Gasteiger partial charge is 0.416 e. The average molecular weight is 444 g/mol. The Labute approximate surface area is 173 Å². The largest absolute Gasteiger partial charge is 0.497 e. The first-order valence-corrected chi connectivity index (χ1v) is 10.8. The Morgan fingerprint density at radius 2 is 1.67 bits per heavy atom. The van der Waals surface area contributed by atoms with Gasteiger partial charge in [-0.1, -0.05) is 12.1 Å². The topological polar surface area (TPSA) is 67.9 Å². The third kappa shape index (κ3) is 5.51. The van der Waals surface area contributed by atoms with Crippen molar-refractivity contribution in [3.8, 4) is 5.75 Å². The number of hydrogen-bond acceptors (Lipinski definition) is 5. The second kappa shape index (κ2) is 9.34. The highest BCUT2D eigenvalue weighted by Crippen LogP contribution is 2.30. The molecule has 0 saturated carbocycles. The fourth-order valence-electron chi connectivity index (χ4n) is 3.27. The van der Waals surface area contributed by atoms with Gasteiger partial charge in [0, 0.05) is 25.7 Å². The van der Waals surface area contributed by atoms with Crippen LogP contribution in [0.3, 0.4) is 0 Å². The van der Waals surface area contributed by atoms with E-state index in [0.717, 1.165) is 29.8 Å². The van der Waals surface area contributed by atoms with Crippen LogP contribution < -0.4 is 9.46 Å². The summed E-state index contributed by atoms with van der Waals surface area (Å²) in [4.78, 5) is 1.89. The van der Waals surface area contributed by atoms with Crippen LogP contribution in [0.25, 0.3) is 0 Å². The van der Waals surface area contributed by atoms with Crippen LogP contribution in [0.1, 0.15) is 17.2 Å². The highest BCUT2D eigenvalue weighted by atomic mass is 32.2. The lowest BCUT2D eigenvalue weighted by atomic mass is 10.0. The van der Waals surface area contributed by atoms with Gasteiger partial charge in [0.05, 0.1) is 30.8 Å². The van der Waals surface area contributed by atoms with Gasteiger partial charge in [-0.25, -0.2) is 13.1 Å². The Hall–Kier alpha value is -2.14. The van der Waals surface area contributed by atoms with E-state index in [-0.39, 0.29) is 17.5 Å². The number of hydrogen-bond donors (Lipinski definition) is 1. The van der Waals surface area contributed by atoms with Gasteiger partial charge in [-0.3, -0.25) is 4.90 Å². The molecule has 1 N–H and O–H groups in total. The number of nitrogens with zero attached hydrogens (tertiary/aromatic N) is 1. The lowest BCUT2D eigenvalue weighted by Gasteiger charge is -2.35. The number of methoxy groups -OCH3 is 1. The fraction of sp³-hybridized carbons (Fsp3) is 0.400. The van der Waals surface area contributed by atoms with Gasteiger partial charge in [0.25, 0.3) is 0 Å². The third-order valence-electron chi connectivity index (χ3n) is 4.95. The minimum atomic E-state index is -4.52. The molecule has 6 nitrogen and oxygen atoms in total. The Morgan fingerprint density at radius 3 is 2.20 bits per heavy atom. The summed E-state index contributed by atoms with van der Waals surface area (Å²) in [5.74, 6) is 0.685. The summed E-state index contributed by atoms with van der Waals surface area (Å²) in [7, 11) is -2.41. The molecule has 0 aliphatic carbocycles. The molecule has 1 heterocycles. The van der Waals surface area contributed by atoms with E-state index < -0.39 is 21.8 Å². The molecule has 0 amide bonds. The summed E-state index contributed by atoms with van der Waals surface area (Å²) in [6.45, 7) is 2.42. The van der Waals surface area contributed by atoms with Gasteiger partial charge in [0.15, 0.2) is 0 Å². The minimum absolute atomic E-state index is 0.0652. The van der Waals surface area contributed by atoms with E-state index in [4.69, 9.17) is 9.47 Å². The SMILES string of the molecule is COc1ccc(C(CNS(=O)(=O)c2ccc(C(F)(F)F)cc2)N2CCOCC2)cc1. The number of alkyl halides is 3. The van der Waals surface area contributed by atoms with E-state index in [9.17, 15) is 21.6 Å². The van der Waals surface area contributed by atoms with E-state index >= 15 is 0 Å². The third-order valence-corrected chi connectivity index (χ3v) is 6.39. The van der Waals surface area contributed by atoms with Crippen LogP contribution in [-0.2, 0) is 20.9 Å². The van der Waals surface area contributed by atoms with Crippen LogP contribution in [-0.4, -0.2) is 53.3 Å². The van der Waals surface area contributed by atoms with Gasteiger partial charge in [-0.05, 0) is 42.0 Å². The first kappa shape index (κ1) is 22.5. The second-order valence-corrected chi connectivity index (χ2v) is 8.58. The highest BCUT2D eigenvalue weighted by molar-refractivity contribution is 7.89. The molecule has 2 aromatic carbocycles. The maximum Gasteiger partial charge on any atom is 0.416 e. The van der Waals surface area contributed by atoms with E-state index in [2.05, 4.69) is 9.62 Å². The molecule has 0 aromatic heterocycles. The predicted octanol–water partition coefficient (Wildman–Crippen LogP) is 3.07. The molecule has 1 aliphatic heterocycles. The quantitative estimate of drug-likeness (QED) is 0.711. The van der Waals surface area contributed by atoms with Crippen molar-refractivity contribution in [1.82, 2.24) is 9.62 Å². The van der Waals surface area contributed by atoms with Crippen molar-refractivity contribution in [2.75, 3.05) is 40.0 Å². The van der Waals surface area contributed by atoms with E-state index in [1.807, 2.05) is 12.1 Å². The number of rotatable bonds is 7. The van der Waals surface area contributed by atoms with Crippen LogP contribution in [0.2, 0.25) is 0 Å². The molecule has 10 heteroatoms. The summed E-state index contributed by atoms with van der Waals surface area (Å²) in [6, 6.07) is 10.5. The van der Waals surface area contributed by atoms with Crippen LogP contribution in [0, 0.1) is 0 Å². The van der Waals surface area contributed by atoms with Crippen molar-refractivity contribution in [1.29, 1.82) is 0 Å². The highest BCUT2D eigenvalue weighted by Gasteiger charge is 2.31. The molecule has 1 unspecified atom stereocenters. The molecule has 1 fully saturated rings. The van der Waals surface area contributed by atoms with Crippen molar-refractivity contribution in [3.63, 3.8) is 0 Å². The Kier molecular flexibility index (Phi) is 7.02. The zero-order valence-corrected chi connectivity index (χ0v) is 17.2. The van der Waals surface area contributed by atoms with Crippen LogP contribution in [0.4, 0.5) is 13.2 Å². The molecule has 0 radical (unpaired) electrons. The van der Waals surface area contributed by atoms with Gasteiger partial charge in [0.1, 0.15) is 5.75 Å². The average Bonchev–Trinajstić information content (AvgIpc) is 2.74. The zero-order valence-electron chi connectivity index (χ0n) is 16.4. The summed E-state index contributed by atoms with van der Waals surface area (Å²) < 4.78 is 76.6. The van der Waals surface area contributed by atoms with Crippen LogP contribution >= 0.6 is 0 Å². The molecular weight excluding hydrogens is 421 g/mol. The summed E-state index contributed by atoms with van der Waals surface area (Å²) >= 11 is 0.